The quantitative estimate of drug-likeness (QED) is 0.0103. The standard InChI is InChI=1S/C29H31N5O20S6/c1-16-12-22(23(46-3)15-25(16)59(41,42)11-9-48-57-54-51-38)32-34-28-24(55-52-49-36)14-19-18(29(28)35)5-7-21(30-2)27(19)33-31-20-6-4-17(13-26(20)60(43,44)45)58(39,40)10-8-47-56-53-50-37/h4-7,12-15,30,35-38H,8-11H2,1-3H3,(H,43,44,45)/b33-31+,34-32+. The van der Waals surface area contributed by atoms with Crippen LogP contribution in [0.3, 0.4) is 0 Å². The van der Waals surface area contributed by atoms with Gasteiger partial charge in [0.15, 0.2) is 50.1 Å². The molecule has 0 aliphatic rings. The number of azo groups is 2. The molecule has 0 aromatic heterocycles. The number of hydrogen-bond acceptors (Lipinski definition) is 27. The van der Waals surface area contributed by atoms with E-state index in [1.807, 2.05) is 0 Å². The van der Waals surface area contributed by atoms with Gasteiger partial charge in [0.05, 0.1) is 64.2 Å². The second-order valence-electron chi connectivity index (χ2n) is 11.1. The Hall–Kier alpha value is -3.84. The van der Waals surface area contributed by atoms with Gasteiger partial charge in [-0.25, -0.2) is 32.6 Å². The number of nitrogens with zero attached hydrogens (tertiary/aromatic N) is 4. The van der Waals surface area contributed by atoms with Gasteiger partial charge in [0.2, 0.25) is 0 Å². The predicted octanol–water partition coefficient (Wildman–Crippen LogP) is 6.96. The Morgan fingerprint density at radius 2 is 1.32 bits per heavy atom. The molecule has 0 radical (unpaired) electrons. The number of sulfone groups is 2. The monoisotopic (exact) mass is 961 g/mol. The molecule has 0 aliphatic carbocycles. The zero-order valence-electron chi connectivity index (χ0n) is 30.5. The maximum atomic E-state index is 13.0. The first-order valence-corrected chi connectivity index (χ1v) is 22.6. The van der Waals surface area contributed by atoms with Gasteiger partial charge in [0.25, 0.3) is 10.1 Å². The Balaban J connectivity index is 1.78. The van der Waals surface area contributed by atoms with Crippen molar-refractivity contribution in [1.29, 1.82) is 0 Å². The van der Waals surface area contributed by atoms with E-state index in [9.17, 15) is 34.9 Å². The van der Waals surface area contributed by atoms with Crippen LogP contribution in [0.25, 0.3) is 10.8 Å². The fourth-order valence-electron chi connectivity index (χ4n) is 4.99. The highest BCUT2D eigenvalue weighted by Crippen LogP contribution is 2.49. The molecule has 328 valence electrons. The van der Waals surface area contributed by atoms with E-state index in [0.717, 1.165) is 12.1 Å². The number of fused-ring (bicyclic) bond motifs is 1. The lowest BCUT2D eigenvalue weighted by Crippen LogP contribution is -2.12. The first-order valence-electron chi connectivity index (χ1n) is 15.8. The second-order valence-corrected chi connectivity index (χ2v) is 18.4. The van der Waals surface area contributed by atoms with Crippen LogP contribution in [-0.2, 0) is 66.3 Å². The lowest BCUT2D eigenvalue weighted by molar-refractivity contribution is -0.434. The SMILES string of the molecule is CNc1ccc2c(O)c(/N=N/c3cc(C)c(S(=O)(=O)CCOSOOO)cc3OC)c(SOOO)cc2c1/N=N/c1ccc(S(=O)(=O)CCOSOOO)cc1S(=O)(=O)O. The van der Waals surface area contributed by atoms with Crippen molar-refractivity contribution in [3.63, 3.8) is 0 Å². The van der Waals surface area contributed by atoms with Crippen LogP contribution < -0.4 is 10.1 Å². The molecule has 4 rings (SSSR count). The zero-order valence-corrected chi connectivity index (χ0v) is 35.4. The number of rotatable bonds is 24. The van der Waals surface area contributed by atoms with E-state index in [4.69, 9.17) is 28.9 Å². The van der Waals surface area contributed by atoms with Crippen LogP contribution in [0, 0.1) is 6.92 Å². The highest BCUT2D eigenvalue weighted by molar-refractivity contribution is 7.94. The van der Waals surface area contributed by atoms with E-state index in [1.54, 1.807) is 0 Å². The minimum absolute atomic E-state index is 0.0209. The molecule has 0 spiro atoms. The van der Waals surface area contributed by atoms with Gasteiger partial charge >= 0.3 is 0 Å². The van der Waals surface area contributed by atoms with Crippen LogP contribution in [0.15, 0.2) is 88.6 Å². The Morgan fingerprint density at radius 1 is 0.700 bits per heavy atom. The number of phenols is 1. The fourth-order valence-corrected chi connectivity index (χ4v) is 9.31. The lowest BCUT2D eigenvalue weighted by Gasteiger charge is -2.14. The summed E-state index contributed by atoms with van der Waals surface area (Å²) in [6, 6.07) is 9.49. The third-order valence-corrected chi connectivity index (χ3v) is 13.4. The number of benzene rings is 4. The summed E-state index contributed by atoms with van der Waals surface area (Å²) in [7, 11) is -10.5. The molecule has 0 aliphatic heterocycles. The minimum Gasteiger partial charge on any atom is -0.505 e. The summed E-state index contributed by atoms with van der Waals surface area (Å²) in [5.74, 6) is -1.75. The molecular formula is C29H31N5O20S6. The summed E-state index contributed by atoms with van der Waals surface area (Å²) in [5, 5.41) is 66.7. The van der Waals surface area contributed by atoms with Gasteiger partial charge in [-0.1, -0.05) is 15.1 Å². The number of aryl methyl sites for hydroxylation is 1. The molecule has 4 aromatic rings. The first-order chi connectivity index (χ1) is 28.5. The number of ether oxygens (including phenoxy) is 1. The highest BCUT2D eigenvalue weighted by atomic mass is 32.2. The lowest BCUT2D eigenvalue weighted by atomic mass is 10.1. The van der Waals surface area contributed by atoms with E-state index in [2.05, 4.69) is 53.9 Å². The van der Waals surface area contributed by atoms with Gasteiger partial charge in [0, 0.05) is 23.9 Å². The van der Waals surface area contributed by atoms with Crippen molar-refractivity contribution >= 4 is 106 Å². The van der Waals surface area contributed by atoms with Crippen LogP contribution in [0.1, 0.15) is 5.56 Å². The van der Waals surface area contributed by atoms with E-state index in [-0.39, 0.29) is 85.9 Å². The predicted molar refractivity (Wildman–Crippen MR) is 209 cm³/mol. The summed E-state index contributed by atoms with van der Waals surface area (Å²) in [6.45, 7) is 0.661. The summed E-state index contributed by atoms with van der Waals surface area (Å²) in [4.78, 5) is -1.64. The topological polar surface area (TPSA) is 348 Å². The van der Waals surface area contributed by atoms with Crippen molar-refractivity contribution in [2.75, 3.05) is 44.2 Å². The minimum atomic E-state index is -5.11. The molecule has 25 nitrogen and oxygen atoms in total. The molecule has 4 aromatic carbocycles. The molecule has 0 bridgehead atoms. The summed E-state index contributed by atoms with van der Waals surface area (Å²) < 4.78 is 114. The molecule has 0 amide bonds. The molecule has 31 heteroatoms. The summed E-state index contributed by atoms with van der Waals surface area (Å²) in [6.07, 6.45) is 0. The van der Waals surface area contributed by atoms with Crippen molar-refractivity contribution in [2.45, 2.75) is 26.5 Å². The van der Waals surface area contributed by atoms with E-state index >= 15 is 0 Å². The van der Waals surface area contributed by atoms with E-state index < -0.39 is 69.1 Å². The smallest absolute Gasteiger partial charge is 0.296 e. The van der Waals surface area contributed by atoms with E-state index in [1.165, 1.54) is 51.4 Å². The van der Waals surface area contributed by atoms with Gasteiger partial charge in [-0.15, -0.1) is 33.5 Å². The van der Waals surface area contributed by atoms with Gasteiger partial charge < -0.3 is 15.2 Å². The zero-order chi connectivity index (χ0) is 44.1. The molecular weight excluding hydrogens is 931 g/mol. The van der Waals surface area contributed by atoms with Crippen molar-refractivity contribution in [3.05, 3.63) is 54.1 Å². The first kappa shape index (κ1) is 48.8. The number of hydrogen-bond donors (Lipinski definition) is 6. The van der Waals surface area contributed by atoms with Crippen molar-refractivity contribution in [2.24, 2.45) is 20.5 Å². The molecule has 0 unspecified atom stereocenters. The van der Waals surface area contributed by atoms with Gasteiger partial charge in [-0.05, 0) is 55.0 Å². The number of methoxy groups -OCH3 is 1. The largest absolute Gasteiger partial charge is 0.505 e. The second kappa shape index (κ2) is 22.3. The molecule has 6 N–H and O–H groups in total. The average Bonchev–Trinajstić information content (AvgIpc) is 3.21. The molecule has 0 fully saturated rings. The van der Waals surface area contributed by atoms with E-state index in [0.29, 0.717) is 18.1 Å². The van der Waals surface area contributed by atoms with Crippen molar-refractivity contribution in [1.82, 2.24) is 0 Å². The van der Waals surface area contributed by atoms with Crippen LogP contribution >= 0.6 is 36.7 Å². The molecule has 0 saturated heterocycles. The van der Waals surface area contributed by atoms with Crippen LogP contribution in [0.5, 0.6) is 11.5 Å². The number of anilines is 1. The van der Waals surface area contributed by atoms with Crippen molar-refractivity contribution < 1.29 is 91.9 Å². The fraction of sp³-hybridized carbons (Fsp3) is 0.241. The molecule has 0 saturated carbocycles. The highest BCUT2D eigenvalue weighted by Gasteiger charge is 2.25. The van der Waals surface area contributed by atoms with Gasteiger partial charge in [-0.3, -0.25) is 12.9 Å². The Labute approximate surface area is 352 Å². The molecule has 0 atom stereocenters. The van der Waals surface area contributed by atoms with Crippen molar-refractivity contribution in [3.8, 4) is 11.5 Å². The third-order valence-electron chi connectivity index (χ3n) is 7.61. The Kier molecular flexibility index (Phi) is 18.2. The maximum Gasteiger partial charge on any atom is 0.296 e. The third kappa shape index (κ3) is 12.6. The molecule has 0 heterocycles. The Bertz CT molecular complexity index is 2550. The van der Waals surface area contributed by atoms with Crippen LogP contribution in [-0.4, -0.2) is 89.6 Å². The van der Waals surface area contributed by atoms with Crippen LogP contribution in [0.2, 0.25) is 0 Å². The number of aromatic hydroxyl groups is 1. The Morgan fingerprint density at radius 3 is 1.92 bits per heavy atom. The summed E-state index contributed by atoms with van der Waals surface area (Å²) in [5.41, 5.74) is -0.259. The normalized spacial score (nSPS) is 12.6. The summed E-state index contributed by atoms with van der Waals surface area (Å²) >= 11 is 0.703. The molecule has 60 heavy (non-hydrogen) atoms. The average molecular weight is 962 g/mol. The van der Waals surface area contributed by atoms with Crippen LogP contribution in [0.4, 0.5) is 28.4 Å². The maximum absolute atomic E-state index is 13.0. The number of nitrogens with one attached hydrogen (secondary N) is 1. The number of phenolic OH excluding ortho intramolecular Hbond substituents is 1. The van der Waals surface area contributed by atoms with Gasteiger partial charge in [-0.2, -0.15) is 8.42 Å². The van der Waals surface area contributed by atoms with Gasteiger partial charge in [0.1, 0.15) is 33.4 Å².